The van der Waals surface area contributed by atoms with E-state index in [4.69, 9.17) is 17.3 Å². The van der Waals surface area contributed by atoms with Gasteiger partial charge in [-0.3, -0.25) is 4.79 Å². The monoisotopic (exact) mass is 467 g/mol. The Bertz CT molecular complexity index is 1350. The van der Waals surface area contributed by atoms with Gasteiger partial charge in [0.25, 0.3) is 0 Å². The maximum Gasteiger partial charge on any atom is 0.195 e. The molecule has 1 fully saturated rings. The molecule has 0 amide bonds. The Hall–Kier alpha value is -3.46. The quantitative estimate of drug-likeness (QED) is 0.360. The Kier molecular flexibility index (Phi) is 5.28. The number of piperidine rings is 1. The third-order valence-corrected chi connectivity index (χ3v) is 6.58. The summed E-state index contributed by atoms with van der Waals surface area (Å²) in [6.07, 6.45) is 6.26. The molecular formula is C23H23ClFN7O. The number of nitrogens with zero attached hydrogens (tertiary/aromatic N) is 6. The first kappa shape index (κ1) is 21.4. The first-order valence-corrected chi connectivity index (χ1v) is 11.1. The highest BCUT2D eigenvalue weighted by Gasteiger charge is 2.33. The zero-order valence-corrected chi connectivity index (χ0v) is 19.0. The molecule has 33 heavy (non-hydrogen) atoms. The molecule has 1 aliphatic heterocycles. The zero-order valence-electron chi connectivity index (χ0n) is 18.2. The lowest BCUT2D eigenvalue weighted by molar-refractivity contribution is 0.0892. The van der Waals surface area contributed by atoms with E-state index in [1.807, 2.05) is 17.8 Å². The van der Waals surface area contributed by atoms with E-state index in [0.717, 1.165) is 5.69 Å². The van der Waals surface area contributed by atoms with E-state index in [9.17, 15) is 9.18 Å². The van der Waals surface area contributed by atoms with Crippen molar-refractivity contribution in [2.75, 3.05) is 17.2 Å². The minimum absolute atomic E-state index is 0.0713. The van der Waals surface area contributed by atoms with Crippen LogP contribution in [0.15, 0.2) is 42.9 Å². The number of fused-ring (bicyclic) bond motifs is 1. The number of nitrogen functional groups attached to an aromatic ring is 1. The molecule has 8 nitrogen and oxygen atoms in total. The number of nitrogens with two attached hydrogens (primary N) is 1. The molecule has 1 aromatic carbocycles. The SMILES string of the molecule is C[C@@H]1C[C@H](C(=O)c2cn(C)c3nc(-n4nccn4)c(Cl)cc23)CCN1c1ccc(F)cc1N. The van der Waals surface area contributed by atoms with Crippen LogP contribution in [0.4, 0.5) is 15.8 Å². The van der Waals surface area contributed by atoms with Crippen molar-refractivity contribution >= 4 is 39.8 Å². The fourth-order valence-electron chi connectivity index (χ4n) is 4.70. The van der Waals surface area contributed by atoms with Crippen LogP contribution >= 0.6 is 11.6 Å². The standard InChI is InChI=1S/C23H23ClFN7O/c1-13-9-14(5-8-31(13)20-4-3-15(25)10-19(20)26)21(33)17-12-30(2)22-16(17)11-18(24)23(29-22)32-27-6-7-28-32/h3-4,6-7,10-14H,5,8-9,26H2,1-2H3/t13-,14-/m1/s1. The summed E-state index contributed by atoms with van der Waals surface area (Å²) in [5, 5.41) is 9.28. The average molecular weight is 468 g/mol. The summed E-state index contributed by atoms with van der Waals surface area (Å²) in [6, 6.07) is 6.28. The van der Waals surface area contributed by atoms with E-state index in [1.54, 1.807) is 24.5 Å². The topological polar surface area (TPSA) is 94.9 Å². The normalized spacial score (nSPS) is 18.7. The van der Waals surface area contributed by atoms with Crippen LogP contribution in [0, 0.1) is 11.7 Å². The van der Waals surface area contributed by atoms with Gasteiger partial charge >= 0.3 is 0 Å². The van der Waals surface area contributed by atoms with Crippen molar-refractivity contribution in [1.29, 1.82) is 0 Å². The summed E-state index contributed by atoms with van der Waals surface area (Å²) >= 11 is 6.47. The highest BCUT2D eigenvalue weighted by Crippen LogP contribution is 2.35. The Labute approximate surface area is 194 Å². The van der Waals surface area contributed by atoms with Crippen LogP contribution in [0.5, 0.6) is 0 Å². The number of halogens is 2. The van der Waals surface area contributed by atoms with Crippen molar-refractivity contribution in [2.45, 2.75) is 25.8 Å². The number of aryl methyl sites for hydroxylation is 1. The van der Waals surface area contributed by atoms with Gasteiger partial charge in [-0.1, -0.05) is 11.6 Å². The van der Waals surface area contributed by atoms with E-state index in [-0.39, 0.29) is 23.6 Å². The smallest absolute Gasteiger partial charge is 0.195 e. The minimum atomic E-state index is -0.358. The molecular weight excluding hydrogens is 445 g/mol. The number of ketones is 1. The largest absolute Gasteiger partial charge is 0.397 e. The van der Waals surface area contributed by atoms with Crippen LogP contribution in [-0.4, -0.2) is 42.9 Å². The number of hydrogen-bond donors (Lipinski definition) is 1. The average Bonchev–Trinajstić information content (AvgIpc) is 3.41. The predicted molar refractivity (Wildman–Crippen MR) is 125 cm³/mol. The lowest BCUT2D eigenvalue weighted by atomic mass is 9.85. The highest BCUT2D eigenvalue weighted by molar-refractivity contribution is 6.33. The van der Waals surface area contributed by atoms with Crippen LogP contribution in [0.2, 0.25) is 5.02 Å². The van der Waals surface area contributed by atoms with Crippen LogP contribution in [0.1, 0.15) is 30.1 Å². The number of aromatic nitrogens is 5. The molecule has 4 heterocycles. The van der Waals surface area contributed by atoms with Crippen LogP contribution in [-0.2, 0) is 7.05 Å². The second-order valence-corrected chi connectivity index (χ2v) is 8.88. The first-order valence-electron chi connectivity index (χ1n) is 10.7. The van der Waals surface area contributed by atoms with E-state index in [2.05, 4.69) is 27.0 Å². The number of anilines is 2. The minimum Gasteiger partial charge on any atom is -0.397 e. The molecule has 0 aliphatic carbocycles. The van der Waals surface area contributed by atoms with Gasteiger partial charge in [0.1, 0.15) is 11.5 Å². The molecule has 2 N–H and O–H groups in total. The third kappa shape index (κ3) is 3.72. The van der Waals surface area contributed by atoms with Gasteiger partial charge in [0.05, 0.1) is 28.8 Å². The maximum atomic E-state index is 13.5. The van der Waals surface area contributed by atoms with Crippen molar-refractivity contribution in [3.05, 3.63) is 59.3 Å². The third-order valence-electron chi connectivity index (χ3n) is 6.30. The molecule has 0 radical (unpaired) electrons. The molecule has 0 bridgehead atoms. The molecule has 10 heteroatoms. The number of carbonyl (C=O) groups excluding carboxylic acids is 1. The summed E-state index contributed by atoms with van der Waals surface area (Å²) in [4.78, 5) is 21.7. The van der Waals surface area contributed by atoms with Gasteiger partial charge in [-0.15, -0.1) is 4.80 Å². The Balaban J connectivity index is 1.42. The van der Waals surface area contributed by atoms with E-state index in [1.165, 1.54) is 16.9 Å². The van der Waals surface area contributed by atoms with Crippen molar-refractivity contribution in [1.82, 2.24) is 24.5 Å². The van der Waals surface area contributed by atoms with Gasteiger partial charge in [-0.05, 0) is 44.0 Å². The lowest BCUT2D eigenvalue weighted by Crippen LogP contribution is -2.43. The Morgan fingerprint density at radius 1 is 1.24 bits per heavy atom. The fourth-order valence-corrected chi connectivity index (χ4v) is 4.92. The second kappa shape index (κ2) is 8.15. The van der Waals surface area contributed by atoms with Gasteiger partial charge in [0.2, 0.25) is 0 Å². The molecule has 1 aliphatic rings. The van der Waals surface area contributed by atoms with E-state index < -0.39 is 0 Å². The van der Waals surface area contributed by atoms with E-state index in [0.29, 0.717) is 52.5 Å². The van der Waals surface area contributed by atoms with Crippen molar-refractivity contribution in [3.8, 4) is 5.82 Å². The van der Waals surface area contributed by atoms with Gasteiger partial charge in [0.15, 0.2) is 11.6 Å². The molecule has 5 rings (SSSR count). The second-order valence-electron chi connectivity index (χ2n) is 8.47. The number of Topliss-reactive ketones (excluding diaryl/α,β-unsaturated/α-hetero) is 1. The van der Waals surface area contributed by atoms with Crippen LogP contribution in [0.3, 0.4) is 0 Å². The lowest BCUT2D eigenvalue weighted by Gasteiger charge is -2.39. The maximum absolute atomic E-state index is 13.5. The van der Waals surface area contributed by atoms with Crippen LogP contribution < -0.4 is 10.6 Å². The van der Waals surface area contributed by atoms with Crippen molar-refractivity contribution in [2.24, 2.45) is 13.0 Å². The number of benzene rings is 1. The zero-order chi connectivity index (χ0) is 23.3. The molecule has 2 atom stereocenters. The van der Waals surface area contributed by atoms with Crippen molar-refractivity contribution < 1.29 is 9.18 Å². The number of pyridine rings is 1. The number of rotatable bonds is 4. The van der Waals surface area contributed by atoms with Crippen LogP contribution in [0.25, 0.3) is 16.9 Å². The highest BCUT2D eigenvalue weighted by atomic mass is 35.5. The molecule has 0 spiro atoms. The summed E-state index contributed by atoms with van der Waals surface area (Å²) in [6.45, 7) is 2.72. The summed E-state index contributed by atoms with van der Waals surface area (Å²) in [5.41, 5.74) is 8.50. The fraction of sp³-hybridized carbons (Fsp3) is 0.304. The Morgan fingerprint density at radius 2 is 2.00 bits per heavy atom. The van der Waals surface area contributed by atoms with E-state index >= 15 is 0 Å². The molecule has 1 saturated heterocycles. The predicted octanol–water partition coefficient (Wildman–Crippen LogP) is 4.02. The summed E-state index contributed by atoms with van der Waals surface area (Å²) in [5.74, 6) is -0.0198. The summed E-state index contributed by atoms with van der Waals surface area (Å²) < 4.78 is 15.3. The van der Waals surface area contributed by atoms with Crippen molar-refractivity contribution in [3.63, 3.8) is 0 Å². The molecule has 3 aromatic heterocycles. The molecule has 0 unspecified atom stereocenters. The number of hydrogen-bond acceptors (Lipinski definition) is 6. The first-order chi connectivity index (χ1) is 15.8. The number of carbonyl (C=O) groups is 1. The summed E-state index contributed by atoms with van der Waals surface area (Å²) in [7, 11) is 1.85. The Morgan fingerprint density at radius 3 is 2.70 bits per heavy atom. The van der Waals surface area contributed by atoms with Gasteiger partial charge < -0.3 is 15.2 Å². The molecule has 170 valence electrons. The van der Waals surface area contributed by atoms with Gasteiger partial charge in [-0.2, -0.15) is 10.2 Å². The van der Waals surface area contributed by atoms with Gasteiger partial charge in [0, 0.05) is 42.7 Å². The molecule has 0 saturated carbocycles. The molecule has 4 aromatic rings. The van der Waals surface area contributed by atoms with Gasteiger partial charge in [-0.25, -0.2) is 9.37 Å².